The molecular formula is C30H27FN8O. The van der Waals surface area contributed by atoms with Gasteiger partial charge in [0.05, 0.1) is 34.6 Å². The van der Waals surface area contributed by atoms with E-state index in [9.17, 15) is 4.39 Å². The lowest BCUT2D eigenvalue weighted by atomic mass is 10.1. The van der Waals surface area contributed by atoms with Gasteiger partial charge >= 0.3 is 0 Å². The number of ether oxygens (including phenoxy) is 1. The van der Waals surface area contributed by atoms with Crippen molar-refractivity contribution in [2.75, 3.05) is 26.2 Å². The molecule has 200 valence electrons. The summed E-state index contributed by atoms with van der Waals surface area (Å²) in [6.45, 7) is 5.57. The normalized spacial score (nSPS) is 13.9. The van der Waals surface area contributed by atoms with Crippen molar-refractivity contribution in [3.8, 4) is 39.7 Å². The highest BCUT2D eigenvalue weighted by Crippen LogP contribution is 2.34. The minimum absolute atomic E-state index is 0.370. The standard InChI is InChI=1S/C30H27FN8O/c1-18-4-5-32-14-23(18)25-13-22-26(17-34-25)37-38-29(22)30-35-27-16-33-15-24(28(27)36-30)19-10-20(31)12-21(11-19)40-9-8-39-6-2-3-7-39/h4-5,10-17H,2-3,6-9H2,1H3,(H,35,36)(H,37,38). The molecule has 1 aliphatic heterocycles. The van der Waals surface area contributed by atoms with Crippen molar-refractivity contribution in [2.24, 2.45) is 0 Å². The van der Waals surface area contributed by atoms with Crippen molar-refractivity contribution >= 4 is 21.9 Å². The van der Waals surface area contributed by atoms with Gasteiger partial charge in [-0.2, -0.15) is 5.10 Å². The Morgan fingerprint density at radius 1 is 0.975 bits per heavy atom. The van der Waals surface area contributed by atoms with Gasteiger partial charge in [-0.05, 0) is 68.2 Å². The van der Waals surface area contributed by atoms with Gasteiger partial charge in [-0.3, -0.25) is 25.0 Å². The van der Waals surface area contributed by atoms with E-state index in [0.717, 1.165) is 52.9 Å². The first kappa shape index (κ1) is 24.3. The van der Waals surface area contributed by atoms with E-state index < -0.39 is 0 Å². The van der Waals surface area contributed by atoms with Crippen LogP contribution in [0.25, 0.3) is 55.8 Å². The smallest absolute Gasteiger partial charge is 0.159 e. The molecule has 0 saturated carbocycles. The summed E-state index contributed by atoms with van der Waals surface area (Å²) in [5.74, 6) is 0.700. The largest absolute Gasteiger partial charge is 0.492 e. The third kappa shape index (κ3) is 4.56. The molecule has 1 fully saturated rings. The Hall–Kier alpha value is -4.70. The summed E-state index contributed by atoms with van der Waals surface area (Å²) >= 11 is 0. The van der Waals surface area contributed by atoms with Crippen LogP contribution in [0, 0.1) is 12.7 Å². The van der Waals surface area contributed by atoms with E-state index in [1.54, 1.807) is 24.8 Å². The summed E-state index contributed by atoms with van der Waals surface area (Å²) in [5, 5.41) is 8.46. The van der Waals surface area contributed by atoms with Gasteiger partial charge in [0.15, 0.2) is 5.82 Å². The molecule has 5 aromatic heterocycles. The van der Waals surface area contributed by atoms with Crippen LogP contribution in [0.1, 0.15) is 18.4 Å². The van der Waals surface area contributed by atoms with Gasteiger partial charge in [0.1, 0.15) is 23.9 Å². The third-order valence-corrected chi connectivity index (χ3v) is 7.44. The number of hydrogen-bond acceptors (Lipinski definition) is 7. The number of nitrogens with zero attached hydrogens (tertiary/aromatic N) is 6. The Labute approximate surface area is 229 Å². The second-order valence-corrected chi connectivity index (χ2v) is 10.1. The number of imidazole rings is 1. The van der Waals surface area contributed by atoms with E-state index in [1.807, 2.05) is 31.3 Å². The van der Waals surface area contributed by atoms with Gasteiger partial charge in [-0.1, -0.05) is 0 Å². The minimum Gasteiger partial charge on any atom is -0.492 e. The van der Waals surface area contributed by atoms with Gasteiger partial charge in [0, 0.05) is 47.7 Å². The zero-order valence-corrected chi connectivity index (χ0v) is 22.0. The fourth-order valence-electron chi connectivity index (χ4n) is 5.33. The highest BCUT2D eigenvalue weighted by Gasteiger charge is 2.18. The highest BCUT2D eigenvalue weighted by molar-refractivity contribution is 5.97. The Kier molecular flexibility index (Phi) is 6.16. The maximum absolute atomic E-state index is 14.7. The molecule has 6 aromatic rings. The van der Waals surface area contributed by atoms with Gasteiger partial charge in [-0.25, -0.2) is 9.37 Å². The Morgan fingerprint density at radius 2 is 1.85 bits per heavy atom. The summed E-state index contributed by atoms with van der Waals surface area (Å²) in [6.07, 6.45) is 11.2. The van der Waals surface area contributed by atoms with Gasteiger partial charge in [0.25, 0.3) is 0 Å². The molecule has 7 rings (SSSR count). The molecule has 40 heavy (non-hydrogen) atoms. The van der Waals surface area contributed by atoms with E-state index in [1.165, 1.54) is 25.0 Å². The molecule has 1 aliphatic rings. The monoisotopic (exact) mass is 534 g/mol. The molecule has 9 nitrogen and oxygen atoms in total. The minimum atomic E-state index is -0.370. The van der Waals surface area contributed by atoms with Crippen molar-refractivity contribution in [1.29, 1.82) is 0 Å². The molecule has 1 saturated heterocycles. The summed E-state index contributed by atoms with van der Waals surface area (Å²) in [7, 11) is 0. The fourth-order valence-corrected chi connectivity index (χ4v) is 5.33. The van der Waals surface area contributed by atoms with Crippen LogP contribution in [0.3, 0.4) is 0 Å². The second-order valence-electron chi connectivity index (χ2n) is 10.1. The number of halogens is 1. The van der Waals surface area contributed by atoms with Gasteiger partial charge in [0.2, 0.25) is 0 Å². The fraction of sp³-hybridized carbons (Fsp3) is 0.233. The van der Waals surface area contributed by atoms with Crippen LogP contribution in [-0.4, -0.2) is 66.3 Å². The lowest BCUT2D eigenvalue weighted by Gasteiger charge is -2.15. The van der Waals surface area contributed by atoms with E-state index >= 15 is 0 Å². The molecule has 0 bridgehead atoms. The number of pyridine rings is 3. The molecule has 10 heteroatoms. The number of H-pyrrole nitrogens is 2. The maximum Gasteiger partial charge on any atom is 0.159 e. The van der Waals surface area contributed by atoms with E-state index in [4.69, 9.17) is 9.72 Å². The molecule has 0 atom stereocenters. The molecule has 6 heterocycles. The van der Waals surface area contributed by atoms with Crippen LogP contribution in [0.15, 0.2) is 61.3 Å². The average molecular weight is 535 g/mol. The van der Waals surface area contributed by atoms with Gasteiger partial charge in [-0.15, -0.1) is 0 Å². The SMILES string of the molecule is Cc1ccncc1-c1cc2c(-c3nc4c(-c5cc(F)cc(OCCN6CCCC6)c5)cncc4[nH]3)n[nH]c2cn1. The summed E-state index contributed by atoms with van der Waals surface area (Å²) in [4.78, 5) is 23.9. The molecule has 0 aliphatic carbocycles. The molecule has 0 unspecified atom stereocenters. The average Bonchev–Trinajstić information content (AvgIpc) is 3.72. The zero-order valence-electron chi connectivity index (χ0n) is 22.0. The van der Waals surface area contributed by atoms with Crippen molar-refractivity contribution < 1.29 is 9.13 Å². The number of aromatic amines is 2. The van der Waals surface area contributed by atoms with Crippen molar-refractivity contribution in [3.05, 3.63) is 72.7 Å². The summed E-state index contributed by atoms with van der Waals surface area (Å²) in [5.41, 5.74) is 7.05. The van der Waals surface area contributed by atoms with Crippen LogP contribution in [0.4, 0.5) is 4.39 Å². The number of benzene rings is 1. The summed E-state index contributed by atoms with van der Waals surface area (Å²) in [6, 6.07) is 8.69. The number of rotatable bonds is 7. The van der Waals surface area contributed by atoms with Crippen LogP contribution < -0.4 is 4.74 Å². The van der Waals surface area contributed by atoms with Crippen LogP contribution in [-0.2, 0) is 0 Å². The quantitative estimate of drug-likeness (QED) is 0.277. The molecule has 2 N–H and O–H groups in total. The van der Waals surface area contributed by atoms with E-state index in [2.05, 4.69) is 35.0 Å². The van der Waals surface area contributed by atoms with Gasteiger partial charge < -0.3 is 9.72 Å². The number of nitrogens with one attached hydrogen (secondary N) is 2. The lowest BCUT2D eigenvalue weighted by Crippen LogP contribution is -2.25. The third-order valence-electron chi connectivity index (χ3n) is 7.44. The van der Waals surface area contributed by atoms with E-state index in [0.29, 0.717) is 40.5 Å². The molecule has 0 radical (unpaired) electrons. The highest BCUT2D eigenvalue weighted by atomic mass is 19.1. The van der Waals surface area contributed by atoms with E-state index in [-0.39, 0.29) is 5.82 Å². The predicted octanol–water partition coefficient (Wildman–Crippen LogP) is 5.55. The van der Waals surface area contributed by atoms with Crippen molar-refractivity contribution in [2.45, 2.75) is 19.8 Å². The number of aromatic nitrogens is 7. The van der Waals surface area contributed by atoms with Crippen molar-refractivity contribution in [3.63, 3.8) is 0 Å². The predicted molar refractivity (Wildman–Crippen MR) is 151 cm³/mol. The number of fused-ring (bicyclic) bond motifs is 2. The van der Waals surface area contributed by atoms with Crippen LogP contribution in [0.5, 0.6) is 5.75 Å². The Morgan fingerprint density at radius 3 is 2.73 bits per heavy atom. The lowest BCUT2D eigenvalue weighted by molar-refractivity contribution is 0.237. The zero-order chi connectivity index (χ0) is 27.1. The number of aryl methyl sites for hydroxylation is 1. The first-order chi connectivity index (χ1) is 19.6. The maximum atomic E-state index is 14.7. The Balaban J connectivity index is 1.24. The Bertz CT molecular complexity index is 1840. The molecule has 0 amide bonds. The van der Waals surface area contributed by atoms with Crippen LogP contribution in [0.2, 0.25) is 0 Å². The number of likely N-dealkylation sites (tertiary alicyclic amines) is 1. The number of hydrogen-bond donors (Lipinski definition) is 2. The molecule has 0 spiro atoms. The topological polar surface area (TPSA) is 109 Å². The van der Waals surface area contributed by atoms with Crippen LogP contribution >= 0.6 is 0 Å². The molecule has 1 aromatic carbocycles. The summed E-state index contributed by atoms with van der Waals surface area (Å²) < 4.78 is 20.6. The first-order valence-electron chi connectivity index (χ1n) is 13.4. The van der Waals surface area contributed by atoms with Crippen molar-refractivity contribution in [1.82, 2.24) is 40.0 Å². The second kappa shape index (κ2) is 10.1. The first-order valence-corrected chi connectivity index (χ1v) is 13.4. The molecular weight excluding hydrogens is 507 g/mol.